The fraction of sp³-hybridized carbons (Fsp3) is 0.216. The van der Waals surface area contributed by atoms with Crippen LogP contribution in [0, 0.1) is 0 Å². The van der Waals surface area contributed by atoms with Gasteiger partial charge in [-0.1, -0.05) is 72.4 Å². The highest BCUT2D eigenvalue weighted by molar-refractivity contribution is 7.98. The summed E-state index contributed by atoms with van der Waals surface area (Å²) in [5, 5.41) is 3.46. The number of benzene rings is 4. The number of anilines is 3. The van der Waals surface area contributed by atoms with Crippen molar-refractivity contribution in [3.63, 3.8) is 0 Å². The lowest BCUT2D eigenvalue weighted by Crippen LogP contribution is -2.43. The van der Waals surface area contributed by atoms with Gasteiger partial charge in [0.25, 0.3) is 0 Å². The number of nitrogens with two attached hydrogens (primary N) is 3. The topological polar surface area (TPSA) is 267 Å². The molecular formula is C51H56N12O8S. The number of ether oxygens (including phenoxy) is 4. The van der Waals surface area contributed by atoms with Crippen LogP contribution in [0.3, 0.4) is 0 Å². The van der Waals surface area contributed by atoms with Crippen LogP contribution in [0.25, 0.3) is 0 Å². The first-order valence-corrected chi connectivity index (χ1v) is 23.4. The molecule has 72 heavy (non-hydrogen) atoms. The number of methoxy groups -OCH3 is 4. The Hall–Kier alpha value is -8.69. The van der Waals surface area contributed by atoms with Gasteiger partial charge < -0.3 is 41.5 Å². The Morgan fingerprint density at radius 2 is 0.861 bits per heavy atom. The van der Waals surface area contributed by atoms with E-state index < -0.39 is 22.8 Å². The van der Waals surface area contributed by atoms with Crippen molar-refractivity contribution >= 4 is 29.3 Å². The molecule has 0 saturated carbocycles. The second kappa shape index (κ2) is 25.8. The molecule has 0 unspecified atom stereocenters. The number of nitrogens with zero attached hydrogens (tertiary/aromatic N) is 8. The molecular weight excluding hydrogens is 941 g/mol. The number of nitrogens with one attached hydrogen (secondary N) is 1. The molecule has 0 amide bonds. The molecule has 4 heterocycles. The van der Waals surface area contributed by atoms with Crippen molar-refractivity contribution in [1.29, 1.82) is 0 Å². The van der Waals surface area contributed by atoms with Crippen molar-refractivity contribution in [3.8, 4) is 23.0 Å². The van der Waals surface area contributed by atoms with Gasteiger partial charge in [0.2, 0.25) is 5.95 Å². The van der Waals surface area contributed by atoms with Crippen LogP contribution in [0.2, 0.25) is 0 Å². The lowest BCUT2D eigenvalue weighted by Gasteiger charge is -2.16. The normalized spacial score (nSPS) is 10.5. The predicted octanol–water partition coefficient (Wildman–Crippen LogP) is 4.47. The monoisotopic (exact) mass is 996 g/mol. The zero-order valence-corrected chi connectivity index (χ0v) is 41.2. The molecule has 8 rings (SSSR count). The van der Waals surface area contributed by atoms with Gasteiger partial charge in [0.05, 0.1) is 54.6 Å². The minimum Gasteiger partial charge on any atom is -0.497 e. The summed E-state index contributed by atoms with van der Waals surface area (Å²) in [7, 11) is 6.35. The average molecular weight is 997 g/mol. The summed E-state index contributed by atoms with van der Waals surface area (Å²) in [5.74, 6) is 3.87. The summed E-state index contributed by atoms with van der Waals surface area (Å²) in [6.07, 6.45) is 5.03. The summed E-state index contributed by atoms with van der Waals surface area (Å²) in [5.41, 5.74) is 19.6. The van der Waals surface area contributed by atoms with E-state index in [9.17, 15) is 19.2 Å². The van der Waals surface area contributed by atoms with Crippen LogP contribution in [0.5, 0.6) is 23.0 Å². The van der Waals surface area contributed by atoms with Crippen LogP contribution in [0.4, 0.5) is 17.6 Å². The summed E-state index contributed by atoms with van der Waals surface area (Å²) in [4.78, 5) is 68.0. The summed E-state index contributed by atoms with van der Waals surface area (Å²) >= 11 is 1.27. The standard InChI is InChI=1S/C25H26N6O4.C20H21N3O4S.C6H9N3/c1-34-20-9-5-17(6-10-20)15-30-23(28-14-19-4-3-13-27-22(19)26)29-24(32)31(25(30)33)16-18-7-11-21(35-2)12-8-18;1-26-16-8-4-14(5-9-16)12-22-18(24)21-19(28-3)23(20(22)25)13-15-6-10-17(27-2)11-7-15;7-4-5-2-1-3-9-6(5)8/h3-13H,14-16H2,1-2H3,(H2,26,27)(H,28,29,32);4-11H,12-13H2,1-3H3;1-3H,4,7H2,(H2,8,9). The highest BCUT2D eigenvalue weighted by atomic mass is 32.2. The Balaban J connectivity index is 0.000000204. The second-order valence-corrected chi connectivity index (χ2v) is 16.3. The minimum atomic E-state index is -0.654. The smallest absolute Gasteiger partial charge is 0.355 e. The van der Waals surface area contributed by atoms with E-state index in [1.54, 1.807) is 89.6 Å². The molecule has 0 aliphatic carbocycles. The van der Waals surface area contributed by atoms with Crippen molar-refractivity contribution in [2.75, 3.05) is 51.5 Å². The average Bonchev–Trinajstić information content (AvgIpc) is 3.41. The molecule has 4 aromatic carbocycles. The van der Waals surface area contributed by atoms with E-state index in [0.29, 0.717) is 47.1 Å². The largest absolute Gasteiger partial charge is 0.497 e. The van der Waals surface area contributed by atoms with Crippen LogP contribution in [-0.4, -0.2) is 72.9 Å². The minimum absolute atomic E-state index is 0.0765. The molecule has 4 aromatic heterocycles. The fourth-order valence-electron chi connectivity index (χ4n) is 6.93. The third kappa shape index (κ3) is 14.0. The number of aromatic nitrogens is 8. The highest BCUT2D eigenvalue weighted by Crippen LogP contribution is 2.18. The van der Waals surface area contributed by atoms with E-state index in [0.717, 1.165) is 48.3 Å². The molecule has 0 spiro atoms. The summed E-state index contributed by atoms with van der Waals surface area (Å²) < 4.78 is 25.9. The van der Waals surface area contributed by atoms with Gasteiger partial charge in [-0.05, 0) is 89.2 Å². The SMILES string of the molecule is COc1ccc(Cn2c(NCc3cccnc3N)nc(=O)n(Cc3ccc(OC)cc3)c2=O)cc1.COc1ccc(Cn2c(SC)nc(=O)n(Cc3ccc(OC)cc3)c2=O)cc1.NCc1cccnc1N. The lowest BCUT2D eigenvalue weighted by atomic mass is 10.2. The molecule has 8 aromatic rings. The van der Waals surface area contributed by atoms with Crippen LogP contribution >= 0.6 is 11.8 Å². The van der Waals surface area contributed by atoms with Gasteiger partial charge >= 0.3 is 22.8 Å². The summed E-state index contributed by atoms with van der Waals surface area (Å²) in [6, 6.07) is 36.4. The first-order valence-electron chi connectivity index (χ1n) is 22.2. The Labute approximate surface area is 418 Å². The van der Waals surface area contributed by atoms with E-state index in [2.05, 4.69) is 25.3 Å². The number of pyridine rings is 2. The zero-order valence-electron chi connectivity index (χ0n) is 40.4. The van der Waals surface area contributed by atoms with E-state index in [4.69, 9.17) is 36.1 Å². The Morgan fingerprint density at radius 3 is 1.22 bits per heavy atom. The number of hydrogen-bond donors (Lipinski definition) is 4. The lowest BCUT2D eigenvalue weighted by molar-refractivity contribution is 0.414. The molecule has 7 N–H and O–H groups in total. The molecule has 0 saturated heterocycles. The van der Waals surface area contributed by atoms with Gasteiger partial charge in [0.1, 0.15) is 34.6 Å². The van der Waals surface area contributed by atoms with Crippen LogP contribution in [0.15, 0.2) is 158 Å². The zero-order chi connectivity index (χ0) is 51.6. The van der Waals surface area contributed by atoms with Crippen LogP contribution in [0.1, 0.15) is 33.4 Å². The maximum atomic E-state index is 13.5. The van der Waals surface area contributed by atoms with Crippen LogP contribution in [-0.2, 0) is 39.3 Å². The molecule has 21 heteroatoms. The van der Waals surface area contributed by atoms with Crippen molar-refractivity contribution in [2.24, 2.45) is 5.73 Å². The Bertz CT molecular complexity index is 3270. The maximum Gasteiger partial charge on any atom is 0.355 e. The Kier molecular flexibility index (Phi) is 18.9. The number of hydrogen-bond acceptors (Lipinski definition) is 17. The molecule has 0 radical (unpaired) electrons. The van der Waals surface area contributed by atoms with Crippen molar-refractivity contribution in [1.82, 2.24) is 38.2 Å². The fourth-order valence-corrected chi connectivity index (χ4v) is 7.46. The van der Waals surface area contributed by atoms with Crippen molar-refractivity contribution < 1.29 is 18.9 Å². The summed E-state index contributed by atoms with van der Waals surface area (Å²) in [6.45, 7) is 1.44. The maximum absolute atomic E-state index is 13.5. The van der Waals surface area contributed by atoms with Crippen molar-refractivity contribution in [2.45, 2.75) is 44.4 Å². The third-order valence-corrected chi connectivity index (χ3v) is 11.6. The Morgan fingerprint density at radius 1 is 0.500 bits per heavy atom. The van der Waals surface area contributed by atoms with E-state index >= 15 is 0 Å². The number of thioether (sulfide) groups is 1. The van der Waals surface area contributed by atoms with Gasteiger partial charge in [-0.25, -0.2) is 38.3 Å². The van der Waals surface area contributed by atoms with Gasteiger partial charge in [0.15, 0.2) is 5.16 Å². The van der Waals surface area contributed by atoms with E-state index in [-0.39, 0.29) is 32.1 Å². The first-order chi connectivity index (χ1) is 34.9. The molecule has 0 bridgehead atoms. The number of nitrogen functional groups attached to an aromatic ring is 2. The molecule has 0 fully saturated rings. The number of rotatable bonds is 17. The van der Waals surface area contributed by atoms with Gasteiger partial charge in [-0.3, -0.25) is 9.13 Å². The van der Waals surface area contributed by atoms with Crippen molar-refractivity contribution in [3.05, 3.63) is 209 Å². The molecule has 0 aliphatic heterocycles. The molecule has 0 atom stereocenters. The predicted molar refractivity (Wildman–Crippen MR) is 278 cm³/mol. The molecule has 374 valence electrons. The highest BCUT2D eigenvalue weighted by Gasteiger charge is 2.16. The van der Waals surface area contributed by atoms with Gasteiger partial charge in [-0.2, -0.15) is 9.97 Å². The molecule has 20 nitrogen and oxygen atoms in total. The van der Waals surface area contributed by atoms with Gasteiger partial charge in [0, 0.05) is 36.6 Å². The second-order valence-electron chi connectivity index (χ2n) is 15.6. The van der Waals surface area contributed by atoms with E-state index in [1.807, 2.05) is 78.9 Å². The molecule has 0 aliphatic rings. The van der Waals surface area contributed by atoms with Gasteiger partial charge in [-0.15, -0.1) is 0 Å². The quantitative estimate of drug-likeness (QED) is 0.0917. The first kappa shape index (κ1) is 52.7. The third-order valence-electron chi connectivity index (χ3n) is 11.0. The van der Waals surface area contributed by atoms with E-state index in [1.165, 1.54) is 20.9 Å². The van der Waals surface area contributed by atoms with Crippen LogP contribution < -0.4 is 64.2 Å².